The second-order valence-corrected chi connectivity index (χ2v) is 6.45. The van der Waals surface area contributed by atoms with Crippen LogP contribution in [0.2, 0.25) is 0 Å². The van der Waals surface area contributed by atoms with Crippen LogP contribution >= 0.6 is 0 Å². The van der Waals surface area contributed by atoms with Crippen LogP contribution in [0.4, 0.5) is 10.1 Å². The summed E-state index contributed by atoms with van der Waals surface area (Å²) in [4.78, 5) is 29.8. The van der Waals surface area contributed by atoms with E-state index in [0.29, 0.717) is 22.9 Å². The first kappa shape index (κ1) is 19.5. The van der Waals surface area contributed by atoms with E-state index in [4.69, 9.17) is 4.74 Å². The number of hydrogen-bond acceptors (Lipinski definition) is 4. The van der Waals surface area contributed by atoms with Gasteiger partial charge in [0, 0.05) is 11.1 Å². The third-order valence-electron chi connectivity index (χ3n) is 4.56. The third-order valence-corrected chi connectivity index (χ3v) is 4.56. The molecule has 1 N–H and O–H groups in total. The van der Waals surface area contributed by atoms with Crippen LogP contribution in [-0.4, -0.2) is 23.0 Å². The molecule has 0 aliphatic carbocycles. The van der Waals surface area contributed by atoms with Crippen LogP contribution in [0.25, 0.3) is 10.9 Å². The highest BCUT2D eigenvalue weighted by molar-refractivity contribution is 6.06. The standard InChI is InChI=1S/C22H21FN2O3/c1-4-17-13(2)20(15-9-5-7-11-18(15)24-17)22(27)28-14(3)21(26)25-19-12-8-6-10-16(19)23/h5-12,14H,4H2,1-3H3,(H,25,26)/t14-/m0/s1. The number of anilines is 1. The number of benzene rings is 2. The molecule has 1 amide bonds. The lowest BCUT2D eigenvalue weighted by Gasteiger charge is -2.17. The molecular formula is C22H21FN2O3. The van der Waals surface area contributed by atoms with E-state index in [1.807, 2.05) is 32.0 Å². The molecule has 6 heteroatoms. The Bertz CT molecular complexity index is 1050. The van der Waals surface area contributed by atoms with Gasteiger partial charge in [-0.05, 0) is 44.0 Å². The summed E-state index contributed by atoms with van der Waals surface area (Å²) in [5.41, 5.74) is 2.66. The Labute approximate surface area is 162 Å². The lowest BCUT2D eigenvalue weighted by molar-refractivity contribution is -0.123. The van der Waals surface area contributed by atoms with Gasteiger partial charge in [0.05, 0.1) is 16.8 Å². The van der Waals surface area contributed by atoms with Crippen molar-refractivity contribution in [2.75, 3.05) is 5.32 Å². The minimum absolute atomic E-state index is 0.0363. The van der Waals surface area contributed by atoms with E-state index in [1.165, 1.54) is 25.1 Å². The largest absolute Gasteiger partial charge is 0.449 e. The molecule has 0 radical (unpaired) electrons. The molecule has 0 saturated carbocycles. The summed E-state index contributed by atoms with van der Waals surface area (Å²) in [6, 6.07) is 13.1. The SMILES string of the molecule is CCc1nc2ccccc2c(C(=O)O[C@@H](C)C(=O)Nc2ccccc2F)c1C. The van der Waals surface area contributed by atoms with Crippen LogP contribution in [0.3, 0.4) is 0 Å². The van der Waals surface area contributed by atoms with Crippen LogP contribution in [-0.2, 0) is 16.0 Å². The van der Waals surface area contributed by atoms with Crippen molar-refractivity contribution in [3.63, 3.8) is 0 Å². The molecule has 3 aromatic rings. The number of aryl methyl sites for hydroxylation is 1. The summed E-state index contributed by atoms with van der Waals surface area (Å²) in [5.74, 6) is -1.77. The fourth-order valence-electron chi connectivity index (χ4n) is 3.04. The molecule has 1 heterocycles. The summed E-state index contributed by atoms with van der Waals surface area (Å²) >= 11 is 0. The zero-order valence-electron chi connectivity index (χ0n) is 16.0. The predicted molar refractivity (Wildman–Crippen MR) is 106 cm³/mol. The van der Waals surface area contributed by atoms with Crippen molar-refractivity contribution in [1.82, 2.24) is 4.98 Å². The van der Waals surface area contributed by atoms with Crippen molar-refractivity contribution in [3.8, 4) is 0 Å². The number of carbonyl (C=O) groups excluding carboxylic acids is 2. The number of amides is 1. The van der Waals surface area contributed by atoms with Crippen LogP contribution < -0.4 is 5.32 Å². The highest BCUT2D eigenvalue weighted by Gasteiger charge is 2.24. The number of aromatic nitrogens is 1. The van der Waals surface area contributed by atoms with E-state index >= 15 is 0 Å². The fourth-order valence-corrected chi connectivity index (χ4v) is 3.04. The summed E-state index contributed by atoms with van der Waals surface area (Å²) < 4.78 is 19.1. The Balaban J connectivity index is 1.85. The lowest BCUT2D eigenvalue weighted by Crippen LogP contribution is -2.30. The van der Waals surface area contributed by atoms with Gasteiger partial charge in [0.1, 0.15) is 5.82 Å². The van der Waals surface area contributed by atoms with Gasteiger partial charge in [0.25, 0.3) is 5.91 Å². The maximum Gasteiger partial charge on any atom is 0.339 e. The Hall–Kier alpha value is -3.28. The predicted octanol–water partition coefficient (Wildman–Crippen LogP) is 4.43. The van der Waals surface area contributed by atoms with E-state index in [-0.39, 0.29) is 5.69 Å². The van der Waals surface area contributed by atoms with Crippen molar-refractivity contribution >= 4 is 28.5 Å². The van der Waals surface area contributed by atoms with E-state index in [2.05, 4.69) is 10.3 Å². The molecule has 5 nitrogen and oxygen atoms in total. The van der Waals surface area contributed by atoms with Gasteiger partial charge < -0.3 is 10.1 Å². The van der Waals surface area contributed by atoms with Gasteiger partial charge in [-0.3, -0.25) is 9.78 Å². The van der Waals surface area contributed by atoms with Crippen LogP contribution in [0.1, 0.15) is 35.5 Å². The van der Waals surface area contributed by atoms with Gasteiger partial charge in [-0.25, -0.2) is 9.18 Å². The number of hydrogen-bond donors (Lipinski definition) is 1. The maximum absolute atomic E-state index is 13.7. The highest BCUT2D eigenvalue weighted by atomic mass is 19.1. The number of carbonyl (C=O) groups is 2. The molecule has 0 fully saturated rings. The third kappa shape index (κ3) is 3.86. The molecule has 0 aliphatic heterocycles. The number of nitrogens with zero attached hydrogens (tertiary/aromatic N) is 1. The van der Waals surface area contributed by atoms with Gasteiger partial charge >= 0.3 is 5.97 Å². The molecule has 0 saturated heterocycles. The number of pyridine rings is 1. The van der Waals surface area contributed by atoms with E-state index in [1.54, 1.807) is 12.1 Å². The van der Waals surface area contributed by atoms with Crippen molar-refractivity contribution in [2.24, 2.45) is 0 Å². The molecule has 1 aromatic heterocycles. The second kappa shape index (κ2) is 8.17. The minimum atomic E-state index is -1.09. The maximum atomic E-state index is 13.7. The van der Waals surface area contributed by atoms with Crippen molar-refractivity contribution in [1.29, 1.82) is 0 Å². The fraction of sp³-hybridized carbons (Fsp3) is 0.227. The van der Waals surface area contributed by atoms with Crippen molar-refractivity contribution < 1.29 is 18.7 Å². The quantitative estimate of drug-likeness (QED) is 0.665. The van der Waals surface area contributed by atoms with Gasteiger partial charge in [-0.15, -0.1) is 0 Å². The first-order valence-corrected chi connectivity index (χ1v) is 9.07. The van der Waals surface area contributed by atoms with Gasteiger partial charge in [-0.2, -0.15) is 0 Å². The minimum Gasteiger partial charge on any atom is -0.449 e. The second-order valence-electron chi connectivity index (χ2n) is 6.45. The lowest BCUT2D eigenvalue weighted by atomic mass is 10.0. The summed E-state index contributed by atoms with van der Waals surface area (Å²) in [5, 5.41) is 3.11. The van der Waals surface area contributed by atoms with E-state index in [9.17, 15) is 14.0 Å². The molecule has 0 bridgehead atoms. The monoisotopic (exact) mass is 380 g/mol. The molecule has 1 atom stereocenters. The molecule has 28 heavy (non-hydrogen) atoms. The van der Waals surface area contributed by atoms with Crippen molar-refractivity contribution in [3.05, 3.63) is 71.2 Å². The number of ether oxygens (including phenoxy) is 1. The molecular weight excluding hydrogens is 359 g/mol. The Morgan fingerprint density at radius 3 is 2.54 bits per heavy atom. The first-order chi connectivity index (χ1) is 13.4. The average Bonchev–Trinajstić information content (AvgIpc) is 2.68. The van der Waals surface area contributed by atoms with E-state index in [0.717, 1.165) is 11.3 Å². The normalized spacial score (nSPS) is 11.9. The van der Waals surface area contributed by atoms with Gasteiger partial charge in [-0.1, -0.05) is 37.3 Å². The number of para-hydroxylation sites is 2. The van der Waals surface area contributed by atoms with Crippen LogP contribution in [0.15, 0.2) is 48.5 Å². The Kier molecular flexibility index (Phi) is 5.68. The first-order valence-electron chi connectivity index (χ1n) is 9.07. The molecule has 2 aromatic carbocycles. The topological polar surface area (TPSA) is 68.3 Å². The Morgan fingerprint density at radius 1 is 1.14 bits per heavy atom. The smallest absolute Gasteiger partial charge is 0.339 e. The molecule has 0 spiro atoms. The molecule has 144 valence electrons. The van der Waals surface area contributed by atoms with Gasteiger partial charge in [0.15, 0.2) is 6.10 Å². The molecule has 0 aliphatic rings. The van der Waals surface area contributed by atoms with Crippen LogP contribution in [0.5, 0.6) is 0 Å². The zero-order chi connectivity index (χ0) is 20.3. The van der Waals surface area contributed by atoms with E-state index < -0.39 is 23.8 Å². The van der Waals surface area contributed by atoms with Crippen molar-refractivity contribution in [2.45, 2.75) is 33.3 Å². The van der Waals surface area contributed by atoms with Crippen LogP contribution in [0, 0.1) is 12.7 Å². The number of fused-ring (bicyclic) bond motifs is 1. The number of esters is 1. The van der Waals surface area contributed by atoms with Gasteiger partial charge in [0.2, 0.25) is 0 Å². The molecule has 0 unspecified atom stereocenters. The number of halogens is 1. The summed E-state index contributed by atoms with van der Waals surface area (Å²) in [6.45, 7) is 5.23. The zero-order valence-corrected chi connectivity index (χ0v) is 16.0. The number of rotatable bonds is 5. The average molecular weight is 380 g/mol. The number of nitrogens with one attached hydrogen (secondary N) is 1. The molecule has 3 rings (SSSR count). The summed E-state index contributed by atoms with van der Waals surface area (Å²) in [7, 11) is 0. The Morgan fingerprint density at radius 2 is 1.82 bits per heavy atom. The summed E-state index contributed by atoms with van der Waals surface area (Å²) in [6.07, 6.45) is -0.427. The highest BCUT2D eigenvalue weighted by Crippen LogP contribution is 2.25.